The third-order valence-corrected chi connectivity index (χ3v) is 3.09. The zero-order valence-corrected chi connectivity index (χ0v) is 9.47. The molecule has 0 aromatic carbocycles. The van der Waals surface area contributed by atoms with Crippen LogP contribution in [-0.4, -0.2) is 48.5 Å². The fraction of sp³-hybridized carbons (Fsp3) is 0.500. The van der Waals surface area contributed by atoms with Crippen molar-refractivity contribution in [2.75, 3.05) is 12.3 Å². The number of aromatic nitrogens is 4. The summed E-state index contributed by atoms with van der Waals surface area (Å²) < 4.78 is 7.23. The topological polar surface area (TPSA) is 119 Å². The van der Waals surface area contributed by atoms with Crippen molar-refractivity contribution >= 4 is 17.0 Å². The first-order chi connectivity index (χ1) is 8.70. The standard InChI is InChI=1S/C10H13N5O3/c11-9-8-10(13-3-12-9)14-4-15(8)7-1-5(17)6(2-16)18-7/h3-7,16-17H,1-2H2,(H2,11,12,13). The smallest absolute Gasteiger partial charge is 0.183 e. The first-order valence-electron chi connectivity index (χ1n) is 5.58. The van der Waals surface area contributed by atoms with E-state index in [1.54, 1.807) is 10.9 Å². The van der Waals surface area contributed by atoms with Gasteiger partial charge in [-0.05, 0) is 0 Å². The predicted octanol–water partition coefficient (Wildman–Crippen LogP) is -0.951. The highest BCUT2D eigenvalue weighted by molar-refractivity contribution is 5.81. The first kappa shape index (κ1) is 11.3. The number of nitrogens with zero attached hydrogens (tertiary/aromatic N) is 4. The number of fused-ring (bicyclic) bond motifs is 1. The van der Waals surface area contributed by atoms with Crippen LogP contribution in [0, 0.1) is 0 Å². The molecule has 1 saturated heterocycles. The van der Waals surface area contributed by atoms with E-state index in [1.165, 1.54) is 6.33 Å². The number of nitrogens with two attached hydrogens (primary N) is 1. The van der Waals surface area contributed by atoms with Gasteiger partial charge in [-0.1, -0.05) is 0 Å². The summed E-state index contributed by atoms with van der Waals surface area (Å²) in [6, 6.07) is 0. The molecule has 3 unspecified atom stereocenters. The van der Waals surface area contributed by atoms with Gasteiger partial charge in [0.2, 0.25) is 0 Å². The number of rotatable bonds is 2. The van der Waals surface area contributed by atoms with Crippen molar-refractivity contribution in [2.45, 2.75) is 24.9 Å². The average Bonchev–Trinajstić information content (AvgIpc) is 2.93. The van der Waals surface area contributed by atoms with Crippen molar-refractivity contribution in [1.82, 2.24) is 19.5 Å². The molecule has 1 fully saturated rings. The van der Waals surface area contributed by atoms with Gasteiger partial charge in [-0.3, -0.25) is 4.57 Å². The van der Waals surface area contributed by atoms with Gasteiger partial charge in [0.25, 0.3) is 0 Å². The van der Waals surface area contributed by atoms with Crippen LogP contribution < -0.4 is 5.73 Å². The van der Waals surface area contributed by atoms with E-state index in [-0.39, 0.29) is 6.61 Å². The Balaban J connectivity index is 2.01. The molecule has 96 valence electrons. The second-order valence-electron chi connectivity index (χ2n) is 4.20. The molecule has 3 atom stereocenters. The Morgan fingerprint density at radius 2 is 2.28 bits per heavy atom. The Bertz CT molecular complexity index is 572. The first-order valence-corrected chi connectivity index (χ1v) is 5.58. The van der Waals surface area contributed by atoms with Crippen LogP contribution in [0.3, 0.4) is 0 Å². The predicted molar refractivity (Wildman–Crippen MR) is 61.4 cm³/mol. The fourth-order valence-electron chi connectivity index (χ4n) is 2.17. The summed E-state index contributed by atoms with van der Waals surface area (Å²) in [6.45, 7) is -0.226. The fourth-order valence-corrected chi connectivity index (χ4v) is 2.17. The molecule has 3 rings (SSSR count). The Hall–Kier alpha value is -1.77. The second kappa shape index (κ2) is 4.16. The molecule has 2 aromatic heterocycles. The van der Waals surface area contributed by atoms with Gasteiger partial charge in [-0.25, -0.2) is 15.0 Å². The second-order valence-corrected chi connectivity index (χ2v) is 4.20. The van der Waals surface area contributed by atoms with Crippen LogP contribution in [-0.2, 0) is 4.74 Å². The molecule has 18 heavy (non-hydrogen) atoms. The molecule has 0 aliphatic carbocycles. The lowest BCUT2D eigenvalue weighted by atomic mass is 10.2. The molecule has 0 amide bonds. The lowest BCUT2D eigenvalue weighted by Gasteiger charge is -2.14. The molecule has 0 saturated carbocycles. The summed E-state index contributed by atoms with van der Waals surface area (Å²) in [5.74, 6) is 0.308. The largest absolute Gasteiger partial charge is 0.394 e. The van der Waals surface area contributed by atoms with Crippen molar-refractivity contribution < 1.29 is 14.9 Å². The Kier molecular flexibility index (Phi) is 2.62. The van der Waals surface area contributed by atoms with Gasteiger partial charge >= 0.3 is 0 Å². The number of hydrogen-bond donors (Lipinski definition) is 3. The average molecular weight is 251 g/mol. The maximum atomic E-state index is 9.72. The Morgan fingerprint density at radius 3 is 3.00 bits per heavy atom. The van der Waals surface area contributed by atoms with E-state index < -0.39 is 18.4 Å². The number of hydrogen-bond acceptors (Lipinski definition) is 7. The van der Waals surface area contributed by atoms with Gasteiger partial charge in [0.05, 0.1) is 19.0 Å². The lowest BCUT2D eigenvalue weighted by Crippen LogP contribution is -2.24. The summed E-state index contributed by atoms with van der Waals surface area (Å²) in [5.41, 5.74) is 6.85. The number of nitrogen functional groups attached to an aromatic ring is 1. The molecule has 8 heteroatoms. The summed E-state index contributed by atoms with van der Waals surface area (Å²) in [7, 11) is 0. The normalized spacial score (nSPS) is 28.0. The highest BCUT2D eigenvalue weighted by Crippen LogP contribution is 2.31. The Morgan fingerprint density at radius 1 is 1.44 bits per heavy atom. The van der Waals surface area contributed by atoms with Crippen molar-refractivity contribution in [1.29, 1.82) is 0 Å². The zero-order valence-electron chi connectivity index (χ0n) is 9.47. The van der Waals surface area contributed by atoms with Gasteiger partial charge in [0.1, 0.15) is 24.2 Å². The molecule has 1 aliphatic rings. The minimum atomic E-state index is -0.705. The van der Waals surface area contributed by atoms with Gasteiger partial charge in [-0.2, -0.15) is 0 Å². The number of aliphatic hydroxyl groups excluding tert-OH is 2. The monoisotopic (exact) mass is 251 g/mol. The maximum Gasteiger partial charge on any atom is 0.183 e. The lowest BCUT2D eigenvalue weighted by molar-refractivity contribution is -0.0430. The Labute approximate surface area is 102 Å². The van der Waals surface area contributed by atoms with E-state index in [1.807, 2.05) is 0 Å². The molecular weight excluding hydrogens is 238 g/mol. The third-order valence-electron chi connectivity index (χ3n) is 3.09. The van der Waals surface area contributed by atoms with Crippen molar-refractivity contribution in [3.63, 3.8) is 0 Å². The van der Waals surface area contributed by atoms with Crippen LogP contribution in [0.5, 0.6) is 0 Å². The maximum absolute atomic E-state index is 9.72. The molecule has 8 nitrogen and oxygen atoms in total. The van der Waals surface area contributed by atoms with Crippen LogP contribution in [0.4, 0.5) is 5.82 Å². The van der Waals surface area contributed by atoms with Crippen LogP contribution in [0.25, 0.3) is 11.2 Å². The highest BCUT2D eigenvalue weighted by Gasteiger charge is 2.35. The number of imidazole rings is 1. The van der Waals surface area contributed by atoms with E-state index in [2.05, 4.69) is 15.0 Å². The van der Waals surface area contributed by atoms with Crippen LogP contribution >= 0.6 is 0 Å². The minimum Gasteiger partial charge on any atom is -0.394 e. The van der Waals surface area contributed by atoms with E-state index >= 15 is 0 Å². The molecule has 0 radical (unpaired) electrons. The van der Waals surface area contributed by atoms with E-state index in [9.17, 15) is 5.11 Å². The summed E-state index contributed by atoms with van der Waals surface area (Å²) in [6.07, 6.45) is 1.55. The SMILES string of the molecule is Nc1ncnc2ncn(C3CC(O)C(CO)O3)c12. The van der Waals surface area contributed by atoms with E-state index in [0.717, 1.165) is 0 Å². The quantitative estimate of drug-likeness (QED) is 0.629. The van der Waals surface area contributed by atoms with Crippen molar-refractivity contribution in [3.05, 3.63) is 12.7 Å². The number of aliphatic hydroxyl groups is 2. The molecule has 0 bridgehead atoms. The summed E-state index contributed by atoms with van der Waals surface area (Å²) >= 11 is 0. The molecule has 4 N–H and O–H groups in total. The number of ether oxygens (including phenoxy) is 1. The van der Waals surface area contributed by atoms with E-state index in [0.29, 0.717) is 23.4 Å². The van der Waals surface area contributed by atoms with Crippen LogP contribution in [0.1, 0.15) is 12.6 Å². The van der Waals surface area contributed by atoms with Crippen LogP contribution in [0.2, 0.25) is 0 Å². The molecule has 1 aliphatic heterocycles. The number of anilines is 1. The molecule has 2 aromatic rings. The van der Waals surface area contributed by atoms with Crippen molar-refractivity contribution in [2.24, 2.45) is 0 Å². The summed E-state index contributed by atoms with van der Waals surface area (Å²) in [4.78, 5) is 12.0. The van der Waals surface area contributed by atoms with E-state index in [4.69, 9.17) is 15.6 Å². The van der Waals surface area contributed by atoms with Gasteiger partial charge in [0.15, 0.2) is 11.5 Å². The van der Waals surface area contributed by atoms with Crippen LogP contribution in [0.15, 0.2) is 12.7 Å². The zero-order chi connectivity index (χ0) is 12.7. The molecular formula is C10H13N5O3. The van der Waals surface area contributed by atoms with Crippen molar-refractivity contribution in [3.8, 4) is 0 Å². The van der Waals surface area contributed by atoms with Gasteiger partial charge in [0, 0.05) is 6.42 Å². The van der Waals surface area contributed by atoms with Gasteiger partial charge in [-0.15, -0.1) is 0 Å². The highest BCUT2D eigenvalue weighted by atomic mass is 16.5. The van der Waals surface area contributed by atoms with Gasteiger partial charge < -0.3 is 20.7 Å². The molecule has 0 spiro atoms. The molecule has 3 heterocycles. The third kappa shape index (κ3) is 1.62. The minimum absolute atomic E-state index is 0.226. The summed E-state index contributed by atoms with van der Waals surface area (Å²) in [5, 5.41) is 18.8.